The zero-order chi connectivity index (χ0) is 19.0. The van der Waals surface area contributed by atoms with Gasteiger partial charge in [0, 0.05) is 17.0 Å². The highest BCUT2D eigenvalue weighted by molar-refractivity contribution is 7.11. The van der Waals surface area contributed by atoms with Crippen molar-refractivity contribution in [2.75, 3.05) is 0 Å². The molecule has 3 aromatic rings. The molecule has 0 spiro atoms. The summed E-state index contributed by atoms with van der Waals surface area (Å²) in [6.07, 6.45) is 1.79. The molecule has 2 heterocycles. The molecule has 1 aliphatic heterocycles. The van der Waals surface area contributed by atoms with Gasteiger partial charge in [0.15, 0.2) is 5.76 Å². The summed E-state index contributed by atoms with van der Waals surface area (Å²) in [5.41, 5.74) is 3.35. The van der Waals surface area contributed by atoms with Gasteiger partial charge in [-0.05, 0) is 60.2 Å². The van der Waals surface area contributed by atoms with Gasteiger partial charge in [-0.15, -0.1) is 11.3 Å². The Labute approximate surface area is 160 Å². The first kappa shape index (κ1) is 17.5. The van der Waals surface area contributed by atoms with Crippen molar-refractivity contribution < 1.29 is 18.7 Å². The van der Waals surface area contributed by atoms with Crippen molar-refractivity contribution in [2.45, 2.75) is 20.5 Å². The molecule has 0 atom stereocenters. The molecule has 1 aliphatic rings. The van der Waals surface area contributed by atoms with Crippen molar-refractivity contribution in [3.05, 3.63) is 86.6 Å². The van der Waals surface area contributed by atoms with Crippen molar-refractivity contribution in [1.29, 1.82) is 0 Å². The second-order valence-corrected chi connectivity index (χ2v) is 7.38. The predicted octanol–water partition coefficient (Wildman–Crippen LogP) is 5.70. The minimum Gasteiger partial charge on any atom is -0.489 e. The number of rotatable bonds is 4. The molecule has 0 saturated heterocycles. The maximum absolute atomic E-state index is 13.0. The van der Waals surface area contributed by atoms with Gasteiger partial charge in [0.1, 0.15) is 23.9 Å². The third-order valence-corrected chi connectivity index (χ3v) is 5.39. The van der Waals surface area contributed by atoms with Crippen LogP contribution in [0.25, 0.3) is 6.08 Å². The Hall–Kier alpha value is -2.92. The van der Waals surface area contributed by atoms with E-state index in [0.717, 1.165) is 21.6 Å². The molecule has 0 fully saturated rings. The van der Waals surface area contributed by atoms with E-state index < -0.39 is 0 Å². The molecule has 0 bridgehead atoms. The number of fused-ring (bicyclic) bond motifs is 1. The molecule has 5 heteroatoms. The summed E-state index contributed by atoms with van der Waals surface area (Å²) < 4.78 is 24.6. The van der Waals surface area contributed by atoms with Crippen LogP contribution < -0.4 is 9.47 Å². The summed E-state index contributed by atoms with van der Waals surface area (Å²) in [4.78, 5) is 13.7. The Balaban J connectivity index is 1.57. The molecular formula is C22H17FO3S. The Morgan fingerprint density at radius 3 is 2.59 bits per heavy atom. The third kappa shape index (κ3) is 3.51. The first-order valence-corrected chi connectivity index (χ1v) is 9.39. The first-order valence-electron chi connectivity index (χ1n) is 8.51. The van der Waals surface area contributed by atoms with E-state index in [4.69, 9.17) is 9.47 Å². The third-order valence-electron chi connectivity index (χ3n) is 4.43. The van der Waals surface area contributed by atoms with E-state index in [0.29, 0.717) is 29.4 Å². The molecular weight excluding hydrogens is 363 g/mol. The lowest BCUT2D eigenvalue weighted by Crippen LogP contribution is -2.00. The molecule has 0 radical (unpaired) electrons. The number of ketones is 1. The number of benzene rings is 2. The van der Waals surface area contributed by atoms with E-state index in [1.54, 1.807) is 35.6 Å². The second kappa shape index (κ2) is 7.00. The lowest BCUT2D eigenvalue weighted by molar-refractivity contribution is 0.101. The van der Waals surface area contributed by atoms with Crippen molar-refractivity contribution in [1.82, 2.24) is 0 Å². The predicted molar refractivity (Wildman–Crippen MR) is 104 cm³/mol. The Morgan fingerprint density at radius 2 is 1.89 bits per heavy atom. The van der Waals surface area contributed by atoms with Crippen LogP contribution in [-0.2, 0) is 6.61 Å². The normalized spacial score (nSPS) is 14.3. The van der Waals surface area contributed by atoms with Gasteiger partial charge in [-0.25, -0.2) is 4.39 Å². The molecule has 136 valence electrons. The molecule has 0 aliphatic carbocycles. The van der Waals surface area contributed by atoms with Crippen LogP contribution in [0, 0.1) is 19.7 Å². The Bertz CT molecular complexity index is 1050. The minimum absolute atomic E-state index is 0.111. The van der Waals surface area contributed by atoms with Crippen LogP contribution in [0.2, 0.25) is 0 Å². The maximum atomic E-state index is 13.0. The summed E-state index contributed by atoms with van der Waals surface area (Å²) in [6, 6.07) is 11.7. The monoisotopic (exact) mass is 380 g/mol. The topological polar surface area (TPSA) is 35.5 Å². The lowest BCUT2D eigenvalue weighted by Gasteiger charge is -2.09. The van der Waals surface area contributed by atoms with E-state index in [9.17, 15) is 9.18 Å². The highest BCUT2D eigenvalue weighted by Crippen LogP contribution is 2.38. The average molecular weight is 380 g/mol. The van der Waals surface area contributed by atoms with Gasteiger partial charge in [0.2, 0.25) is 5.78 Å². The van der Waals surface area contributed by atoms with Crippen LogP contribution in [0.3, 0.4) is 0 Å². The molecule has 0 N–H and O–H groups in total. The van der Waals surface area contributed by atoms with Gasteiger partial charge in [0.25, 0.3) is 0 Å². The van der Waals surface area contributed by atoms with Gasteiger partial charge >= 0.3 is 0 Å². The highest BCUT2D eigenvalue weighted by Gasteiger charge is 2.30. The van der Waals surface area contributed by atoms with Gasteiger partial charge in [0.05, 0.1) is 5.56 Å². The molecule has 0 saturated carbocycles. The van der Waals surface area contributed by atoms with Crippen LogP contribution in [0.5, 0.6) is 11.5 Å². The van der Waals surface area contributed by atoms with Crippen LogP contribution in [0.1, 0.15) is 31.9 Å². The van der Waals surface area contributed by atoms with Crippen molar-refractivity contribution in [3.63, 3.8) is 0 Å². The minimum atomic E-state index is -0.278. The largest absolute Gasteiger partial charge is 0.489 e. The molecule has 0 unspecified atom stereocenters. The highest BCUT2D eigenvalue weighted by atomic mass is 32.1. The number of ether oxygens (including phenoxy) is 2. The van der Waals surface area contributed by atoms with E-state index in [1.165, 1.54) is 12.1 Å². The SMILES string of the molecule is Cc1ccsc1/C=C1\Oc2cc(OCc3ccc(F)cc3)cc(C)c2C1=O. The number of carbonyl (C=O) groups is 1. The Morgan fingerprint density at radius 1 is 1.11 bits per heavy atom. The van der Waals surface area contributed by atoms with E-state index in [-0.39, 0.29) is 11.6 Å². The fourth-order valence-corrected chi connectivity index (χ4v) is 3.81. The summed E-state index contributed by atoms with van der Waals surface area (Å²) in [5.74, 6) is 1.06. The van der Waals surface area contributed by atoms with Gasteiger partial charge in [-0.3, -0.25) is 4.79 Å². The van der Waals surface area contributed by atoms with E-state index >= 15 is 0 Å². The molecule has 1 aromatic heterocycles. The fraction of sp³-hybridized carbons (Fsp3) is 0.136. The van der Waals surface area contributed by atoms with Crippen molar-refractivity contribution >= 4 is 23.2 Å². The fourth-order valence-electron chi connectivity index (χ4n) is 2.96. The molecule has 2 aromatic carbocycles. The van der Waals surface area contributed by atoms with Crippen LogP contribution in [-0.4, -0.2) is 5.78 Å². The van der Waals surface area contributed by atoms with Crippen molar-refractivity contribution in [3.8, 4) is 11.5 Å². The summed E-state index contributed by atoms with van der Waals surface area (Å²) >= 11 is 1.57. The van der Waals surface area contributed by atoms with Crippen LogP contribution in [0.4, 0.5) is 4.39 Å². The molecule has 3 nitrogen and oxygen atoms in total. The van der Waals surface area contributed by atoms with Crippen LogP contribution in [0.15, 0.2) is 53.6 Å². The molecule has 0 amide bonds. The quantitative estimate of drug-likeness (QED) is 0.545. The number of Topliss-reactive ketones (excluding diaryl/α,β-unsaturated/α-hetero) is 1. The number of allylic oxidation sites excluding steroid dienone is 1. The van der Waals surface area contributed by atoms with E-state index in [1.807, 2.05) is 31.4 Å². The summed E-state index contributed by atoms with van der Waals surface area (Å²) in [5, 5.41) is 1.99. The standard InChI is InChI=1S/C22H17FO3S/c1-13-7-8-27-20(13)11-19-22(24)21-14(2)9-17(10-18(21)26-19)25-12-15-3-5-16(23)6-4-15/h3-11H,12H2,1-2H3/b19-11-. The van der Waals surface area contributed by atoms with Crippen molar-refractivity contribution in [2.24, 2.45) is 0 Å². The Kier molecular flexibility index (Phi) is 4.54. The smallest absolute Gasteiger partial charge is 0.232 e. The molecule has 4 rings (SSSR count). The zero-order valence-electron chi connectivity index (χ0n) is 14.9. The number of carbonyl (C=O) groups excluding carboxylic acids is 1. The summed E-state index contributed by atoms with van der Waals surface area (Å²) in [7, 11) is 0. The second-order valence-electron chi connectivity index (χ2n) is 6.44. The lowest BCUT2D eigenvalue weighted by atomic mass is 10.0. The number of halogens is 1. The van der Waals surface area contributed by atoms with E-state index in [2.05, 4.69) is 0 Å². The maximum Gasteiger partial charge on any atom is 0.232 e. The number of thiophene rings is 1. The van der Waals surface area contributed by atoms with Gasteiger partial charge < -0.3 is 9.47 Å². The van der Waals surface area contributed by atoms with Gasteiger partial charge in [-0.2, -0.15) is 0 Å². The zero-order valence-corrected chi connectivity index (χ0v) is 15.7. The average Bonchev–Trinajstić information content (AvgIpc) is 3.18. The van der Waals surface area contributed by atoms with Gasteiger partial charge in [-0.1, -0.05) is 12.1 Å². The first-order chi connectivity index (χ1) is 13.0. The van der Waals surface area contributed by atoms with Crippen LogP contribution >= 0.6 is 11.3 Å². The number of hydrogen-bond donors (Lipinski definition) is 0. The number of hydrogen-bond acceptors (Lipinski definition) is 4. The molecule has 27 heavy (non-hydrogen) atoms. The number of aryl methyl sites for hydroxylation is 2. The summed E-state index contributed by atoms with van der Waals surface area (Å²) in [6.45, 7) is 4.18.